The Hall–Kier alpha value is 0.325. The van der Waals surface area contributed by atoms with E-state index in [0.29, 0.717) is 13.2 Å². The van der Waals surface area contributed by atoms with Crippen LogP contribution in [-0.2, 0) is 16.1 Å². The maximum absolute atomic E-state index is 11.0. The Morgan fingerprint density at radius 1 is 1.50 bits per heavy atom. The van der Waals surface area contributed by atoms with Crippen LogP contribution in [0.3, 0.4) is 0 Å². The first-order valence-corrected chi connectivity index (χ1v) is 5.01. The first-order valence-electron chi connectivity index (χ1n) is 5.01. The van der Waals surface area contributed by atoms with Gasteiger partial charge in [0.1, 0.15) is 0 Å². The van der Waals surface area contributed by atoms with Gasteiger partial charge in [0.25, 0.3) is 0 Å². The summed E-state index contributed by atoms with van der Waals surface area (Å²) < 4.78 is 4.75. The van der Waals surface area contributed by atoms with Crippen LogP contribution in [-0.4, -0.2) is 12.6 Å². The number of nitrogens with one attached hydrogen (secondary N) is 1. The predicted molar refractivity (Wildman–Crippen MR) is 59.0 cm³/mol. The third-order valence-corrected chi connectivity index (χ3v) is 1.90. The van der Waals surface area contributed by atoms with Crippen LogP contribution >= 0.6 is 0 Å². The van der Waals surface area contributed by atoms with Gasteiger partial charge in [-0.1, -0.05) is 29.8 Å². The van der Waals surface area contributed by atoms with Crippen molar-refractivity contribution in [3.8, 4) is 0 Å². The molecule has 0 radical (unpaired) electrons. The number of hydrogen-bond acceptors (Lipinski definition) is 3. The summed E-state index contributed by atoms with van der Waals surface area (Å²) >= 11 is 0. The molecule has 1 rings (SSSR count). The molecule has 82 valence electrons. The zero-order chi connectivity index (χ0) is 11.1. The number of ether oxygens (including phenoxy) is 1. The molecule has 0 bridgehead atoms. The van der Waals surface area contributed by atoms with E-state index in [2.05, 4.69) is 11.4 Å². The van der Waals surface area contributed by atoms with Crippen molar-refractivity contribution in [2.45, 2.75) is 20.4 Å². The number of aryl methyl sites for hydroxylation is 1. The van der Waals surface area contributed by atoms with E-state index < -0.39 is 0 Å². The number of carbonyl (C=O) groups excluding carboxylic acids is 1. The zero-order valence-corrected chi connectivity index (χ0v) is 15.0. The maximum atomic E-state index is 11.0. The first kappa shape index (κ1) is 16.3. The van der Waals surface area contributed by atoms with Crippen molar-refractivity contribution in [1.82, 2.24) is 5.32 Å². The Morgan fingerprint density at radius 3 is 2.88 bits per heavy atom. The van der Waals surface area contributed by atoms with Crippen LogP contribution in [0.25, 0.3) is 0 Å². The van der Waals surface area contributed by atoms with Crippen LogP contribution in [0, 0.1) is 13.5 Å². The van der Waals surface area contributed by atoms with Crippen LogP contribution in [0.2, 0.25) is 0 Å². The minimum Gasteiger partial charge on any atom is -0.487 e. The van der Waals surface area contributed by atoms with Gasteiger partial charge in [0, 0.05) is 0 Å². The summed E-state index contributed by atoms with van der Waals surface area (Å²) in [5.41, 5.74) is 2.36. The third kappa shape index (κ3) is 6.81. The fourth-order valence-electron chi connectivity index (χ4n) is 1.26. The molecule has 0 fully saturated rings. The van der Waals surface area contributed by atoms with Gasteiger partial charge in [-0.25, -0.2) is 6.54 Å². The first-order chi connectivity index (χ1) is 7.22. The number of hydrogen-bond donors (Lipinski definition) is 1. The van der Waals surface area contributed by atoms with Gasteiger partial charge < -0.3 is 10.1 Å². The molecule has 16 heavy (non-hydrogen) atoms. The van der Waals surface area contributed by atoms with Gasteiger partial charge in [-0.15, -0.1) is 0 Å². The summed E-state index contributed by atoms with van der Waals surface area (Å²) in [7, 11) is 0. The van der Waals surface area contributed by atoms with E-state index in [9.17, 15) is 4.79 Å². The van der Waals surface area contributed by atoms with E-state index in [-0.39, 0.29) is 64.2 Å². The summed E-state index contributed by atoms with van der Waals surface area (Å²) in [6, 6.07) is 8.13. The van der Waals surface area contributed by atoms with Crippen molar-refractivity contribution in [3.63, 3.8) is 0 Å². The molecule has 0 unspecified atom stereocenters. The van der Waals surface area contributed by atoms with E-state index in [1.807, 2.05) is 25.1 Å². The molecular weight excluding hydrogens is 276 g/mol. The van der Waals surface area contributed by atoms with Crippen molar-refractivity contribution in [2.75, 3.05) is 6.61 Å². The molecule has 0 aromatic heterocycles. The summed E-state index contributed by atoms with van der Waals surface area (Å²) in [6.07, 6.45) is 0. The summed E-state index contributed by atoms with van der Waals surface area (Å²) in [6.45, 7) is 6.22. The van der Waals surface area contributed by atoms with E-state index in [1.54, 1.807) is 6.92 Å². The van der Waals surface area contributed by atoms with Crippen LogP contribution < -0.4 is 63.5 Å². The molecule has 0 amide bonds. The van der Waals surface area contributed by atoms with Crippen LogP contribution in [0.1, 0.15) is 18.1 Å². The van der Waals surface area contributed by atoms with Crippen LogP contribution in [0.15, 0.2) is 24.3 Å². The van der Waals surface area contributed by atoms with Crippen molar-refractivity contribution in [2.24, 2.45) is 0 Å². The molecule has 0 saturated carbocycles. The average molecular weight is 292 g/mol. The second kappa shape index (κ2) is 9.37. The second-order valence-corrected chi connectivity index (χ2v) is 3.27. The Bertz CT molecular complexity index is 329. The molecule has 0 aliphatic heterocycles. The molecule has 0 spiro atoms. The molecule has 0 saturated heterocycles. The Balaban J connectivity index is 0.00000225. The fourth-order valence-corrected chi connectivity index (χ4v) is 1.26. The quantitative estimate of drug-likeness (QED) is 0.548. The minimum absolute atomic E-state index is 0. The molecule has 0 atom stereocenters. The number of carbonyl (C=O) groups is 1. The van der Waals surface area contributed by atoms with Crippen LogP contribution in [0.5, 0.6) is 0 Å². The van der Waals surface area contributed by atoms with E-state index in [4.69, 9.17) is 4.74 Å². The minimum atomic E-state index is -0.329. The van der Waals surface area contributed by atoms with Crippen molar-refractivity contribution < 1.29 is 67.7 Å². The van der Waals surface area contributed by atoms with Gasteiger partial charge in [0.2, 0.25) is 0 Å². The average Bonchev–Trinajstić information content (AvgIpc) is 2.18. The molecule has 1 N–H and O–H groups in total. The van der Waals surface area contributed by atoms with Crippen LogP contribution in [0.4, 0.5) is 0 Å². The Labute approximate surface area is 146 Å². The molecule has 3 nitrogen and oxygen atoms in total. The van der Waals surface area contributed by atoms with Gasteiger partial charge in [0.05, 0.1) is 6.61 Å². The van der Waals surface area contributed by atoms with E-state index >= 15 is 0 Å². The normalized spacial score (nSPS) is 9.12. The van der Waals surface area contributed by atoms with Gasteiger partial charge in [-0.3, -0.25) is 4.79 Å². The number of rotatable bonds is 5. The third-order valence-electron chi connectivity index (χ3n) is 1.90. The SMILES string of the molecule is CCOC(=O)[CH-]NCc1cccc(C)c1.[Rb+]. The fraction of sp³-hybridized carbons (Fsp3) is 0.333. The summed E-state index contributed by atoms with van der Waals surface area (Å²) in [4.78, 5) is 11.0. The smallest absolute Gasteiger partial charge is 0.487 e. The molecular formula is C12H16NO2Rb. The second-order valence-electron chi connectivity index (χ2n) is 3.27. The number of benzene rings is 1. The van der Waals surface area contributed by atoms with E-state index in [1.165, 1.54) is 12.1 Å². The zero-order valence-electron chi connectivity index (χ0n) is 10.1. The summed E-state index contributed by atoms with van der Waals surface area (Å²) in [5.74, 6) is -0.329. The van der Waals surface area contributed by atoms with Gasteiger partial charge in [0.15, 0.2) is 5.97 Å². The van der Waals surface area contributed by atoms with Gasteiger partial charge in [-0.05, 0) is 26.0 Å². The molecule has 4 heteroatoms. The molecule has 0 aliphatic carbocycles. The Morgan fingerprint density at radius 2 is 2.25 bits per heavy atom. The van der Waals surface area contributed by atoms with Crippen molar-refractivity contribution >= 4 is 5.97 Å². The molecule has 0 heterocycles. The Kier molecular flexibility index (Phi) is 9.56. The molecule has 1 aromatic rings. The molecule has 0 aliphatic rings. The molecule has 1 aromatic carbocycles. The van der Waals surface area contributed by atoms with E-state index in [0.717, 1.165) is 5.56 Å². The largest absolute Gasteiger partial charge is 1.00 e. The summed E-state index contributed by atoms with van der Waals surface area (Å²) in [5, 5.41) is 2.91. The standard InChI is InChI=1S/C12H16NO2.Rb/c1-3-15-12(14)9-13-8-11-6-4-5-10(2)7-11;/h4-7,9,13H,3,8H2,1-2H3;/q-1;+1. The monoisotopic (exact) mass is 291 g/mol. The van der Waals surface area contributed by atoms with Gasteiger partial charge >= 0.3 is 58.2 Å². The van der Waals surface area contributed by atoms with Crippen molar-refractivity contribution in [3.05, 3.63) is 41.9 Å². The topological polar surface area (TPSA) is 38.3 Å². The predicted octanol–water partition coefficient (Wildman–Crippen LogP) is -1.19. The van der Waals surface area contributed by atoms with Crippen molar-refractivity contribution in [1.29, 1.82) is 0 Å². The van der Waals surface area contributed by atoms with Gasteiger partial charge in [-0.2, -0.15) is 0 Å². The number of esters is 1. The maximum Gasteiger partial charge on any atom is 1.00 e.